The average Bonchev–Trinajstić information content (AvgIpc) is 2.18. The molecule has 98 valence electrons. The minimum absolute atomic E-state index is 0.114. The van der Waals surface area contributed by atoms with Crippen LogP contribution in [-0.4, -0.2) is 31.0 Å². The Labute approximate surface area is 99.8 Å². The van der Waals surface area contributed by atoms with Crippen LogP contribution in [0.15, 0.2) is 0 Å². The number of nitrogens with two attached hydrogens (primary N) is 1. The third-order valence-electron chi connectivity index (χ3n) is 3.14. The van der Waals surface area contributed by atoms with Crippen LogP contribution in [0, 0.1) is 0 Å². The molecule has 0 aromatic rings. The molecule has 0 rings (SSSR count). The van der Waals surface area contributed by atoms with Gasteiger partial charge in [0, 0.05) is 19.8 Å². The van der Waals surface area contributed by atoms with Crippen molar-refractivity contribution < 1.29 is 9.47 Å². The van der Waals surface area contributed by atoms with E-state index in [1.165, 1.54) is 0 Å². The van der Waals surface area contributed by atoms with Gasteiger partial charge in [0.15, 0.2) is 0 Å². The van der Waals surface area contributed by atoms with Crippen LogP contribution in [0.5, 0.6) is 0 Å². The maximum absolute atomic E-state index is 5.70. The topological polar surface area (TPSA) is 56.5 Å². The third kappa shape index (κ3) is 5.25. The minimum atomic E-state index is -0.257. The molecule has 4 heteroatoms. The number of hydrogen-bond acceptors (Lipinski definition) is 4. The smallest absolute Gasteiger partial charge is 0.0792 e. The molecule has 0 aliphatic rings. The Kier molecular flexibility index (Phi) is 6.48. The van der Waals surface area contributed by atoms with Crippen molar-refractivity contribution in [3.8, 4) is 0 Å². The molecule has 1 unspecified atom stereocenters. The summed E-state index contributed by atoms with van der Waals surface area (Å²) in [5.74, 6) is 5.59. The standard InChI is InChI=1S/C12H28N2O2/c1-7-16-12(4,5)10(14-13)8-9-11(2,3)15-6/h10,14H,7-9,13H2,1-6H3. The van der Waals surface area contributed by atoms with E-state index >= 15 is 0 Å². The first-order chi connectivity index (χ1) is 7.29. The van der Waals surface area contributed by atoms with Crippen molar-refractivity contribution in [2.75, 3.05) is 13.7 Å². The van der Waals surface area contributed by atoms with E-state index < -0.39 is 0 Å². The van der Waals surface area contributed by atoms with Gasteiger partial charge in [-0.25, -0.2) is 0 Å². The van der Waals surface area contributed by atoms with Gasteiger partial charge < -0.3 is 9.47 Å². The summed E-state index contributed by atoms with van der Waals surface area (Å²) in [4.78, 5) is 0. The van der Waals surface area contributed by atoms with Crippen LogP contribution in [0.4, 0.5) is 0 Å². The lowest BCUT2D eigenvalue weighted by Crippen LogP contribution is -2.52. The Morgan fingerprint density at radius 3 is 2.19 bits per heavy atom. The lowest BCUT2D eigenvalue weighted by atomic mass is 9.90. The van der Waals surface area contributed by atoms with E-state index in [1.54, 1.807) is 7.11 Å². The fraction of sp³-hybridized carbons (Fsp3) is 1.00. The number of hydrogen-bond donors (Lipinski definition) is 2. The van der Waals surface area contributed by atoms with Gasteiger partial charge in [0.1, 0.15) is 0 Å². The number of nitrogens with one attached hydrogen (secondary N) is 1. The van der Waals surface area contributed by atoms with Crippen LogP contribution in [0.1, 0.15) is 47.5 Å². The summed E-state index contributed by atoms with van der Waals surface area (Å²) in [5.41, 5.74) is 2.47. The lowest BCUT2D eigenvalue weighted by molar-refractivity contribution is -0.0495. The molecule has 0 saturated carbocycles. The van der Waals surface area contributed by atoms with Crippen molar-refractivity contribution in [3.63, 3.8) is 0 Å². The molecule has 0 aliphatic heterocycles. The Morgan fingerprint density at radius 2 is 1.81 bits per heavy atom. The first-order valence-corrected chi connectivity index (χ1v) is 5.94. The monoisotopic (exact) mass is 232 g/mol. The first kappa shape index (κ1) is 15.8. The second kappa shape index (κ2) is 6.55. The average molecular weight is 232 g/mol. The van der Waals surface area contributed by atoms with E-state index in [9.17, 15) is 0 Å². The summed E-state index contributed by atoms with van der Waals surface area (Å²) in [6.45, 7) is 11.0. The third-order valence-corrected chi connectivity index (χ3v) is 3.14. The number of ether oxygens (including phenoxy) is 2. The molecule has 0 aromatic heterocycles. The molecule has 16 heavy (non-hydrogen) atoms. The molecule has 0 spiro atoms. The van der Waals surface area contributed by atoms with Crippen molar-refractivity contribution in [1.82, 2.24) is 5.43 Å². The van der Waals surface area contributed by atoms with E-state index in [0.29, 0.717) is 6.61 Å². The Balaban J connectivity index is 4.30. The maximum atomic E-state index is 5.70. The highest BCUT2D eigenvalue weighted by molar-refractivity contribution is 4.86. The molecular weight excluding hydrogens is 204 g/mol. The minimum Gasteiger partial charge on any atom is -0.379 e. The number of methoxy groups -OCH3 is 1. The fourth-order valence-corrected chi connectivity index (χ4v) is 1.70. The van der Waals surface area contributed by atoms with Gasteiger partial charge in [0.05, 0.1) is 11.2 Å². The molecule has 0 fully saturated rings. The molecule has 0 radical (unpaired) electrons. The van der Waals surface area contributed by atoms with Gasteiger partial charge in [-0.3, -0.25) is 11.3 Å². The van der Waals surface area contributed by atoms with Gasteiger partial charge in [-0.2, -0.15) is 0 Å². The van der Waals surface area contributed by atoms with Gasteiger partial charge >= 0.3 is 0 Å². The Hall–Kier alpha value is -0.160. The normalized spacial score (nSPS) is 15.2. The lowest BCUT2D eigenvalue weighted by Gasteiger charge is -2.35. The summed E-state index contributed by atoms with van der Waals surface area (Å²) in [6, 6.07) is 0.127. The summed E-state index contributed by atoms with van der Waals surface area (Å²) >= 11 is 0. The SMILES string of the molecule is CCOC(C)(C)C(CCC(C)(C)OC)NN. The molecule has 4 nitrogen and oxygen atoms in total. The van der Waals surface area contributed by atoms with Gasteiger partial charge in [-0.05, 0) is 47.5 Å². The second-order valence-electron chi connectivity index (χ2n) is 5.26. The van der Waals surface area contributed by atoms with Gasteiger partial charge in [-0.1, -0.05) is 0 Å². The Bertz CT molecular complexity index is 193. The van der Waals surface area contributed by atoms with E-state index in [4.69, 9.17) is 15.3 Å². The van der Waals surface area contributed by atoms with E-state index in [0.717, 1.165) is 12.8 Å². The molecule has 0 amide bonds. The highest BCUT2D eigenvalue weighted by atomic mass is 16.5. The van der Waals surface area contributed by atoms with Crippen molar-refractivity contribution in [1.29, 1.82) is 0 Å². The molecule has 0 saturated heterocycles. The van der Waals surface area contributed by atoms with E-state index in [2.05, 4.69) is 33.1 Å². The maximum Gasteiger partial charge on any atom is 0.0792 e. The van der Waals surface area contributed by atoms with Crippen molar-refractivity contribution in [3.05, 3.63) is 0 Å². The van der Waals surface area contributed by atoms with Gasteiger partial charge in [0.2, 0.25) is 0 Å². The van der Waals surface area contributed by atoms with Crippen LogP contribution in [0.2, 0.25) is 0 Å². The number of rotatable bonds is 8. The molecule has 1 atom stereocenters. The molecule has 0 heterocycles. The van der Waals surface area contributed by atoms with Crippen LogP contribution >= 0.6 is 0 Å². The zero-order valence-electron chi connectivity index (χ0n) is 11.6. The zero-order chi connectivity index (χ0) is 12.8. The Morgan fingerprint density at radius 1 is 1.25 bits per heavy atom. The fourth-order valence-electron chi connectivity index (χ4n) is 1.70. The highest BCUT2D eigenvalue weighted by Crippen LogP contribution is 2.23. The van der Waals surface area contributed by atoms with Crippen LogP contribution in [0.25, 0.3) is 0 Å². The summed E-state index contributed by atoms with van der Waals surface area (Å²) < 4.78 is 11.1. The summed E-state index contributed by atoms with van der Waals surface area (Å²) in [7, 11) is 1.73. The summed E-state index contributed by atoms with van der Waals surface area (Å²) in [6.07, 6.45) is 1.86. The summed E-state index contributed by atoms with van der Waals surface area (Å²) in [5, 5.41) is 0. The molecule has 0 aromatic carbocycles. The van der Waals surface area contributed by atoms with Crippen molar-refractivity contribution >= 4 is 0 Å². The molecule has 0 bridgehead atoms. The van der Waals surface area contributed by atoms with Gasteiger partial charge in [0.25, 0.3) is 0 Å². The van der Waals surface area contributed by atoms with Crippen molar-refractivity contribution in [2.45, 2.75) is 64.7 Å². The van der Waals surface area contributed by atoms with Crippen LogP contribution in [-0.2, 0) is 9.47 Å². The molecule has 0 aliphatic carbocycles. The largest absolute Gasteiger partial charge is 0.379 e. The van der Waals surface area contributed by atoms with Crippen molar-refractivity contribution in [2.24, 2.45) is 5.84 Å². The second-order valence-corrected chi connectivity index (χ2v) is 5.26. The molecule has 3 N–H and O–H groups in total. The predicted molar refractivity (Wildman–Crippen MR) is 67.1 cm³/mol. The van der Waals surface area contributed by atoms with E-state index in [-0.39, 0.29) is 17.2 Å². The predicted octanol–water partition coefficient (Wildman–Crippen LogP) is 1.84. The van der Waals surface area contributed by atoms with E-state index in [1.807, 2.05) is 6.92 Å². The zero-order valence-corrected chi connectivity index (χ0v) is 11.6. The molecular formula is C12H28N2O2. The quantitative estimate of drug-likeness (QED) is 0.495. The van der Waals surface area contributed by atoms with Crippen LogP contribution < -0.4 is 11.3 Å². The first-order valence-electron chi connectivity index (χ1n) is 5.94. The van der Waals surface area contributed by atoms with Gasteiger partial charge in [-0.15, -0.1) is 0 Å². The van der Waals surface area contributed by atoms with Crippen LogP contribution in [0.3, 0.4) is 0 Å². The number of hydrazine groups is 1. The highest BCUT2D eigenvalue weighted by Gasteiger charge is 2.30.